The smallest absolute Gasteiger partial charge is 0.306 e. The standard InChI is InChI=1S/C27H48O5/c1-3-5-6-7-8-9-10-11-12-13-14-15-16-17-18-19-20-22-27(30)32-25(23-28)24-31-26(29)21-4-2/h8-9,11-12,25,28H,3-7,10,13-24H2,1-2H3/b9-8-,12-11-. The van der Waals surface area contributed by atoms with Crippen molar-refractivity contribution >= 4 is 11.9 Å². The van der Waals surface area contributed by atoms with Crippen LogP contribution in [0.5, 0.6) is 0 Å². The summed E-state index contributed by atoms with van der Waals surface area (Å²) in [5.74, 6) is -0.665. The highest BCUT2D eigenvalue weighted by Gasteiger charge is 2.15. The highest BCUT2D eigenvalue weighted by molar-refractivity contribution is 5.70. The molecule has 0 fully saturated rings. The Bertz CT molecular complexity index is 498. The van der Waals surface area contributed by atoms with Crippen LogP contribution in [-0.4, -0.2) is 36.4 Å². The summed E-state index contributed by atoms with van der Waals surface area (Å²) in [4.78, 5) is 23.2. The zero-order valence-corrected chi connectivity index (χ0v) is 20.7. The van der Waals surface area contributed by atoms with Gasteiger partial charge in [0.15, 0.2) is 6.10 Å². The maximum atomic E-state index is 11.9. The van der Waals surface area contributed by atoms with Gasteiger partial charge in [0.25, 0.3) is 0 Å². The van der Waals surface area contributed by atoms with Crippen molar-refractivity contribution in [3.05, 3.63) is 24.3 Å². The van der Waals surface area contributed by atoms with Crippen LogP contribution in [0.3, 0.4) is 0 Å². The molecule has 0 heterocycles. The van der Waals surface area contributed by atoms with Crippen molar-refractivity contribution in [2.45, 2.75) is 123 Å². The Hall–Kier alpha value is -1.62. The SMILES string of the molecule is CCCCC/C=C\C/C=C\CCCCCCCCCC(=O)OC(CO)COC(=O)CCC. The third-order valence-electron chi connectivity index (χ3n) is 5.22. The van der Waals surface area contributed by atoms with Gasteiger partial charge in [-0.2, -0.15) is 0 Å². The molecule has 0 aromatic rings. The molecule has 5 heteroatoms. The number of carbonyl (C=O) groups excluding carboxylic acids is 2. The number of esters is 2. The topological polar surface area (TPSA) is 72.8 Å². The molecule has 0 saturated carbocycles. The van der Waals surface area contributed by atoms with Gasteiger partial charge in [0.1, 0.15) is 6.61 Å². The van der Waals surface area contributed by atoms with Gasteiger partial charge in [0, 0.05) is 12.8 Å². The molecule has 0 aliphatic carbocycles. The molecule has 0 bridgehead atoms. The van der Waals surface area contributed by atoms with Crippen LogP contribution in [-0.2, 0) is 19.1 Å². The molecule has 186 valence electrons. The van der Waals surface area contributed by atoms with E-state index in [0.29, 0.717) is 19.3 Å². The van der Waals surface area contributed by atoms with E-state index < -0.39 is 6.10 Å². The Labute approximate surface area is 196 Å². The summed E-state index contributed by atoms with van der Waals surface area (Å²) >= 11 is 0. The van der Waals surface area contributed by atoms with Gasteiger partial charge in [-0.1, -0.05) is 83.1 Å². The Morgan fingerprint density at radius 3 is 1.91 bits per heavy atom. The van der Waals surface area contributed by atoms with E-state index in [2.05, 4.69) is 31.2 Å². The molecular formula is C27H48O5. The highest BCUT2D eigenvalue weighted by atomic mass is 16.6. The number of aliphatic hydroxyl groups excluding tert-OH is 1. The number of hydrogen-bond donors (Lipinski definition) is 1. The molecular weight excluding hydrogens is 404 g/mol. The van der Waals surface area contributed by atoms with Gasteiger partial charge >= 0.3 is 11.9 Å². The number of hydrogen-bond acceptors (Lipinski definition) is 5. The molecule has 0 aliphatic rings. The Balaban J connectivity index is 3.50. The van der Waals surface area contributed by atoms with Gasteiger partial charge in [-0.05, 0) is 44.9 Å². The number of rotatable bonds is 22. The first-order chi connectivity index (χ1) is 15.6. The van der Waals surface area contributed by atoms with E-state index in [9.17, 15) is 14.7 Å². The van der Waals surface area contributed by atoms with Crippen LogP contribution >= 0.6 is 0 Å². The summed E-state index contributed by atoms with van der Waals surface area (Å²) in [7, 11) is 0. The maximum absolute atomic E-state index is 11.9. The fourth-order valence-corrected chi connectivity index (χ4v) is 3.27. The third kappa shape index (κ3) is 21.6. The second-order valence-electron chi connectivity index (χ2n) is 8.42. The van der Waals surface area contributed by atoms with Crippen molar-refractivity contribution in [1.29, 1.82) is 0 Å². The molecule has 0 radical (unpaired) electrons. The molecule has 32 heavy (non-hydrogen) atoms. The highest BCUT2D eigenvalue weighted by Crippen LogP contribution is 2.11. The molecule has 0 amide bonds. The lowest BCUT2D eigenvalue weighted by molar-refractivity contribution is -0.161. The van der Waals surface area contributed by atoms with Gasteiger partial charge in [-0.3, -0.25) is 9.59 Å². The lowest BCUT2D eigenvalue weighted by Crippen LogP contribution is -2.28. The van der Waals surface area contributed by atoms with Gasteiger partial charge < -0.3 is 14.6 Å². The molecule has 0 aliphatic heterocycles. The minimum atomic E-state index is -0.765. The molecule has 0 aromatic heterocycles. The van der Waals surface area contributed by atoms with E-state index >= 15 is 0 Å². The number of ether oxygens (including phenoxy) is 2. The van der Waals surface area contributed by atoms with E-state index in [1.807, 2.05) is 6.92 Å². The largest absolute Gasteiger partial charge is 0.462 e. The monoisotopic (exact) mass is 452 g/mol. The molecule has 1 unspecified atom stereocenters. The fraction of sp³-hybridized carbons (Fsp3) is 0.778. The van der Waals surface area contributed by atoms with Crippen LogP contribution in [0.1, 0.15) is 117 Å². The quantitative estimate of drug-likeness (QED) is 0.111. The number of allylic oxidation sites excluding steroid dienone is 4. The van der Waals surface area contributed by atoms with Crippen LogP contribution in [0.25, 0.3) is 0 Å². The second-order valence-corrected chi connectivity index (χ2v) is 8.42. The normalized spacial score (nSPS) is 12.5. The zero-order chi connectivity index (χ0) is 23.7. The van der Waals surface area contributed by atoms with E-state index in [0.717, 1.165) is 32.1 Å². The Morgan fingerprint density at radius 2 is 1.31 bits per heavy atom. The van der Waals surface area contributed by atoms with E-state index in [1.54, 1.807) is 0 Å². The summed E-state index contributed by atoms with van der Waals surface area (Å²) in [6.07, 6.45) is 25.0. The van der Waals surface area contributed by atoms with Crippen molar-refractivity contribution in [2.75, 3.05) is 13.2 Å². The number of carbonyl (C=O) groups is 2. The molecule has 0 rings (SSSR count). The Morgan fingerprint density at radius 1 is 0.719 bits per heavy atom. The average Bonchev–Trinajstić information content (AvgIpc) is 2.78. The molecule has 0 saturated heterocycles. The summed E-state index contributed by atoms with van der Waals surface area (Å²) in [5.41, 5.74) is 0. The van der Waals surface area contributed by atoms with Crippen LogP contribution < -0.4 is 0 Å². The summed E-state index contributed by atoms with van der Waals surface area (Å²) < 4.78 is 10.2. The third-order valence-corrected chi connectivity index (χ3v) is 5.22. The lowest BCUT2D eigenvalue weighted by Gasteiger charge is -2.15. The summed E-state index contributed by atoms with van der Waals surface area (Å²) in [6.45, 7) is 3.71. The van der Waals surface area contributed by atoms with E-state index in [1.165, 1.54) is 51.4 Å². The molecule has 5 nitrogen and oxygen atoms in total. The molecule has 0 spiro atoms. The lowest BCUT2D eigenvalue weighted by atomic mass is 10.1. The molecule has 1 N–H and O–H groups in total. The summed E-state index contributed by atoms with van der Waals surface area (Å²) in [5, 5.41) is 9.26. The predicted molar refractivity (Wildman–Crippen MR) is 131 cm³/mol. The van der Waals surface area contributed by atoms with Gasteiger partial charge in [-0.15, -0.1) is 0 Å². The number of unbranched alkanes of at least 4 members (excludes halogenated alkanes) is 10. The Kier molecular flexibility index (Phi) is 22.8. The van der Waals surface area contributed by atoms with Gasteiger partial charge in [0.2, 0.25) is 0 Å². The van der Waals surface area contributed by atoms with Crippen molar-refractivity contribution in [1.82, 2.24) is 0 Å². The first kappa shape index (κ1) is 30.4. The predicted octanol–water partition coefficient (Wildman–Crippen LogP) is 6.83. The van der Waals surface area contributed by atoms with Crippen molar-refractivity contribution in [2.24, 2.45) is 0 Å². The zero-order valence-electron chi connectivity index (χ0n) is 20.7. The van der Waals surface area contributed by atoms with Gasteiger partial charge in [0.05, 0.1) is 6.61 Å². The average molecular weight is 453 g/mol. The molecule has 0 aromatic carbocycles. The van der Waals surface area contributed by atoms with Crippen molar-refractivity contribution in [3.63, 3.8) is 0 Å². The van der Waals surface area contributed by atoms with Crippen LogP contribution in [0.15, 0.2) is 24.3 Å². The van der Waals surface area contributed by atoms with Gasteiger partial charge in [-0.25, -0.2) is 0 Å². The molecule has 1 atom stereocenters. The summed E-state index contributed by atoms with van der Waals surface area (Å²) in [6, 6.07) is 0. The van der Waals surface area contributed by atoms with E-state index in [4.69, 9.17) is 9.47 Å². The van der Waals surface area contributed by atoms with Crippen LogP contribution in [0.4, 0.5) is 0 Å². The van der Waals surface area contributed by atoms with Crippen LogP contribution in [0, 0.1) is 0 Å². The van der Waals surface area contributed by atoms with E-state index in [-0.39, 0.29) is 25.2 Å². The van der Waals surface area contributed by atoms with Crippen molar-refractivity contribution < 1.29 is 24.2 Å². The minimum Gasteiger partial charge on any atom is -0.462 e. The first-order valence-electron chi connectivity index (χ1n) is 12.9. The first-order valence-corrected chi connectivity index (χ1v) is 12.9. The minimum absolute atomic E-state index is 0.0774. The van der Waals surface area contributed by atoms with Crippen molar-refractivity contribution in [3.8, 4) is 0 Å². The van der Waals surface area contributed by atoms with Crippen LogP contribution in [0.2, 0.25) is 0 Å². The maximum Gasteiger partial charge on any atom is 0.306 e. The second kappa shape index (κ2) is 24.0. The number of aliphatic hydroxyl groups is 1. The fourth-order valence-electron chi connectivity index (χ4n) is 3.27.